The van der Waals surface area contributed by atoms with E-state index in [1.807, 2.05) is 55.5 Å². The third-order valence-electron chi connectivity index (χ3n) is 4.26. The number of nitrogens with zero attached hydrogens (tertiary/aromatic N) is 1. The summed E-state index contributed by atoms with van der Waals surface area (Å²) < 4.78 is 11.5. The summed E-state index contributed by atoms with van der Waals surface area (Å²) in [5, 5.41) is 0. The largest absolute Gasteiger partial charge is 0.493 e. The SMILES string of the molecule is CCOC1=CC(CC(C)C)N(C(=O)Oc2ccccc2)c2ccccc21. The quantitative estimate of drug-likeness (QED) is 0.714. The van der Waals surface area contributed by atoms with Gasteiger partial charge in [0.05, 0.1) is 18.3 Å². The molecule has 4 nitrogen and oxygen atoms in total. The minimum Gasteiger partial charge on any atom is -0.493 e. The van der Waals surface area contributed by atoms with Crippen LogP contribution in [0.25, 0.3) is 5.76 Å². The van der Waals surface area contributed by atoms with Gasteiger partial charge in [0.15, 0.2) is 0 Å². The Kier molecular flexibility index (Phi) is 5.61. The van der Waals surface area contributed by atoms with E-state index in [9.17, 15) is 4.79 Å². The molecule has 0 N–H and O–H groups in total. The molecule has 1 aliphatic rings. The van der Waals surface area contributed by atoms with Gasteiger partial charge >= 0.3 is 6.09 Å². The molecule has 3 rings (SSSR count). The van der Waals surface area contributed by atoms with Gasteiger partial charge in [0, 0.05) is 5.56 Å². The molecule has 2 aromatic carbocycles. The first-order valence-electron chi connectivity index (χ1n) is 9.10. The van der Waals surface area contributed by atoms with Crippen LogP contribution >= 0.6 is 0 Å². The lowest BCUT2D eigenvalue weighted by Gasteiger charge is -2.35. The van der Waals surface area contributed by atoms with Crippen LogP contribution in [0.5, 0.6) is 5.75 Å². The molecule has 0 bridgehead atoms. The highest BCUT2D eigenvalue weighted by molar-refractivity contribution is 5.96. The molecule has 0 fully saturated rings. The van der Waals surface area contributed by atoms with Crippen LogP contribution in [0.4, 0.5) is 10.5 Å². The lowest BCUT2D eigenvalue weighted by Crippen LogP contribution is -2.44. The van der Waals surface area contributed by atoms with Gasteiger partial charge in [-0.15, -0.1) is 0 Å². The molecule has 4 heteroatoms. The van der Waals surface area contributed by atoms with Gasteiger partial charge in [-0.05, 0) is 49.6 Å². The molecular formula is C22H25NO3. The summed E-state index contributed by atoms with van der Waals surface area (Å²) >= 11 is 0. The minimum atomic E-state index is -0.374. The molecule has 0 radical (unpaired) electrons. The number of hydrogen-bond donors (Lipinski definition) is 0. The topological polar surface area (TPSA) is 38.8 Å². The van der Waals surface area contributed by atoms with Crippen LogP contribution in [-0.2, 0) is 4.74 Å². The fourth-order valence-electron chi connectivity index (χ4n) is 3.22. The Morgan fingerprint density at radius 3 is 2.46 bits per heavy atom. The van der Waals surface area contributed by atoms with Crippen LogP contribution < -0.4 is 9.64 Å². The van der Waals surface area contributed by atoms with E-state index in [1.54, 1.807) is 17.0 Å². The van der Waals surface area contributed by atoms with Gasteiger partial charge in [-0.1, -0.05) is 44.2 Å². The fraction of sp³-hybridized carbons (Fsp3) is 0.318. The first-order chi connectivity index (χ1) is 12.6. The first kappa shape index (κ1) is 18.1. The second kappa shape index (κ2) is 8.09. The number of rotatable bonds is 5. The molecular weight excluding hydrogens is 326 g/mol. The maximum Gasteiger partial charge on any atom is 0.420 e. The molecule has 0 spiro atoms. The van der Waals surface area contributed by atoms with Gasteiger partial charge in [-0.2, -0.15) is 0 Å². The Bertz CT molecular complexity index is 783. The van der Waals surface area contributed by atoms with E-state index in [4.69, 9.17) is 9.47 Å². The van der Waals surface area contributed by atoms with Gasteiger partial charge in [0.2, 0.25) is 0 Å². The van der Waals surface area contributed by atoms with Crippen molar-refractivity contribution >= 4 is 17.5 Å². The van der Waals surface area contributed by atoms with Crippen molar-refractivity contribution in [2.45, 2.75) is 33.2 Å². The van der Waals surface area contributed by atoms with E-state index in [0.717, 1.165) is 23.4 Å². The van der Waals surface area contributed by atoms with Crippen LogP contribution in [0, 0.1) is 5.92 Å². The highest BCUT2D eigenvalue weighted by Gasteiger charge is 2.33. The van der Waals surface area contributed by atoms with Crippen molar-refractivity contribution in [3.8, 4) is 5.75 Å². The van der Waals surface area contributed by atoms with E-state index in [2.05, 4.69) is 13.8 Å². The Morgan fingerprint density at radius 1 is 1.08 bits per heavy atom. The summed E-state index contributed by atoms with van der Waals surface area (Å²) in [5.41, 5.74) is 1.74. The monoisotopic (exact) mass is 351 g/mol. The van der Waals surface area contributed by atoms with Gasteiger partial charge in [-0.3, -0.25) is 4.90 Å². The minimum absolute atomic E-state index is 0.109. The van der Waals surface area contributed by atoms with Crippen molar-refractivity contribution in [2.24, 2.45) is 5.92 Å². The Labute approximate surface area is 155 Å². The highest BCUT2D eigenvalue weighted by atomic mass is 16.6. The van der Waals surface area contributed by atoms with Crippen LogP contribution in [0.3, 0.4) is 0 Å². The summed E-state index contributed by atoms with van der Waals surface area (Å²) in [4.78, 5) is 14.8. The molecule has 0 saturated heterocycles. The lowest BCUT2D eigenvalue weighted by atomic mass is 9.95. The van der Waals surface area contributed by atoms with Crippen LogP contribution in [-0.4, -0.2) is 18.7 Å². The van der Waals surface area contributed by atoms with E-state index in [1.165, 1.54) is 0 Å². The van der Waals surface area contributed by atoms with Gasteiger partial charge in [0.1, 0.15) is 11.5 Å². The van der Waals surface area contributed by atoms with Crippen molar-refractivity contribution in [1.82, 2.24) is 0 Å². The normalized spacial score (nSPS) is 16.1. The summed E-state index contributed by atoms with van der Waals surface area (Å²) in [5.74, 6) is 1.80. The fourth-order valence-corrected chi connectivity index (χ4v) is 3.22. The summed E-state index contributed by atoms with van der Waals surface area (Å²) in [6.07, 6.45) is 2.49. The molecule has 136 valence electrons. The number of amides is 1. The van der Waals surface area contributed by atoms with Crippen LogP contribution in [0.2, 0.25) is 0 Å². The number of ether oxygens (including phenoxy) is 2. The number of anilines is 1. The second-order valence-electron chi connectivity index (χ2n) is 6.73. The average molecular weight is 351 g/mol. The molecule has 0 aromatic heterocycles. The number of carbonyl (C=O) groups is 1. The van der Waals surface area contributed by atoms with Crippen molar-refractivity contribution < 1.29 is 14.3 Å². The predicted molar refractivity (Wildman–Crippen MR) is 104 cm³/mol. The van der Waals surface area contributed by atoms with E-state index < -0.39 is 0 Å². The molecule has 1 unspecified atom stereocenters. The predicted octanol–water partition coefficient (Wildman–Crippen LogP) is 5.50. The third kappa shape index (κ3) is 3.90. The average Bonchev–Trinajstić information content (AvgIpc) is 2.62. The van der Waals surface area contributed by atoms with Gasteiger partial charge < -0.3 is 9.47 Å². The van der Waals surface area contributed by atoms with Crippen molar-refractivity contribution in [3.63, 3.8) is 0 Å². The van der Waals surface area contributed by atoms with Gasteiger partial charge in [-0.25, -0.2) is 4.79 Å². The van der Waals surface area contributed by atoms with Gasteiger partial charge in [0.25, 0.3) is 0 Å². The van der Waals surface area contributed by atoms with E-state index >= 15 is 0 Å². The maximum absolute atomic E-state index is 13.0. The molecule has 1 heterocycles. The molecule has 2 aromatic rings. The third-order valence-corrected chi connectivity index (χ3v) is 4.26. The maximum atomic E-state index is 13.0. The Hall–Kier alpha value is -2.75. The zero-order valence-corrected chi connectivity index (χ0v) is 15.5. The molecule has 1 aliphatic heterocycles. The smallest absolute Gasteiger partial charge is 0.420 e. The van der Waals surface area contributed by atoms with Crippen molar-refractivity contribution in [2.75, 3.05) is 11.5 Å². The molecule has 26 heavy (non-hydrogen) atoms. The highest BCUT2D eigenvalue weighted by Crippen LogP contribution is 2.37. The number of para-hydroxylation sites is 2. The van der Waals surface area contributed by atoms with E-state index in [0.29, 0.717) is 18.3 Å². The number of carbonyl (C=O) groups excluding carboxylic acids is 1. The summed E-state index contributed by atoms with van der Waals surface area (Å²) in [6, 6.07) is 16.9. The summed E-state index contributed by atoms with van der Waals surface area (Å²) in [7, 11) is 0. The second-order valence-corrected chi connectivity index (χ2v) is 6.73. The number of hydrogen-bond acceptors (Lipinski definition) is 3. The molecule has 1 amide bonds. The molecule has 1 atom stereocenters. The Balaban J connectivity index is 1.98. The summed E-state index contributed by atoms with van der Waals surface area (Å²) in [6.45, 7) is 6.85. The number of fused-ring (bicyclic) bond motifs is 1. The van der Waals surface area contributed by atoms with Crippen LogP contribution in [0.1, 0.15) is 32.8 Å². The standard InChI is InChI=1S/C22H25NO3/c1-4-25-21-15-17(14-16(2)3)23(20-13-9-8-12-19(20)21)22(24)26-18-10-6-5-7-11-18/h5-13,15-17H,4,14H2,1-3H3. The van der Waals surface area contributed by atoms with Crippen molar-refractivity contribution in [3.05, 3.63) is 66.2 Å². The zero-order chi connectivity index (χ0) is 18.5. The number of benzene rings is 2. The zero-order valence-electron chi connectivity index (χ0n) is 15.5. The first-order valence-corrected chi connectivity index (χ1v) is 9.10. The molecule has 0 aliphatic carbocycles. The lowest BCUT2D eigenvalue weighted by molar-refractivity contribution is 0.204. The van der Waals surface area contributed by atoms with E-state index in [-0.39, 0.29) is 12.1 Å². The van der Waals surface area contributed by atoms with Crippen molar-refractivity contribution in [1.29, 1.82) is 0 Å². The molecule has 0 saturated carbocycles. The van der Waals surface area contributed by atoms with Crippen LogP contribution in [0.15, 0.2) is 60.7 Å². The Morgan fingerprint density at radius 2 is 1.77 bits per heavy atom.